The monoisotopic (exact) mass is 242 g/mol. The number of carbonyl (C=O) groups excluding carboxylic acids is 1. The highest BCUT2D eigenvalue weighted by molar-refractivity contribution is 5.96. The fraction of sp³-hybridized carbons (Fsp3) is 0.600. The number of amides is 1. The van der Waals surface area contributed by atoms with E-state index >= 15 is 0 Å². The van der Waals surface area contributed by atoms with Crippen LogP contribution in [0.2, 0.25) is 0 Å². The van der Waals surface area contributed by atoms with Crippen LogP contribution >= 0.6 is 0 Å². The number of H-pyrrole nitrogens is 1. The zero-order valence-corrected chi connectivity index (χ0v) is 10.1. The summed E-state index contributed by atoms with van der Waals surface area (Å²) in [7, 11) is 3.17. The van der Waals surface area contributed by atoms with E-state index in [1.54, 1.807) is 19.1 Å². The minimum Gasteiger partial charge on any atom is -0.396 e. The first-order chi connectivity index (χ1) is 8.20. The molecule has 0 fully saturated rings. The number of nitrogen functional groups attached to an aromatic ring is 1. The highest BCUT2D eigenvalue weighted by Crippen LogP contribution is 2.09. The quantitative estimate of drug-likeness (QED) is 0.686. The molecule has 0 aliphatic carbocycles. The Kier molecular flexibility index (Phi) is 5.44. The van der Waals surface area contributed by atoms with Crippen molar-refractivity contribution in [3.63, 3.8) is 0 Å². The van der Waals surface area contributed by atoms with Crippen molar-refractivity contribution < 1.29 is 14.3 Å². The van der Waals surface area contributed by atoms with Gasteiger partial charge in [-0.2, -0.15) is 5.10 Å². The van der Waals surface area contributed by atoms with Gasteiger partial charge in [0.2, 0.25) is 0 Å². The second kappa shape index (κ2) is 6.87. The number of aromatic nitrogens is 2. The smallest absolute Gasteiger partial charge is 0.274 e. The molecular formula is C10H18N4O3. The zero-order chi connectivity index (χ0) is 12.7. The van der Waals surface area contributed by atoms with Crippen LogP contribution in [0.5, 0.6) is 0 Å². The molecule has 7 heteroatoms. The third kappa shape index (κ3) is 3.72. The highest BCUT2D eigenvalue weighted by Gasteiger charge is 2.19. The number of aromatic amines is 1. The fourth-order valence-corrected chi connectivity index (χ4v) is 1.34. The lowest BCUT2D eigenvalue weighted by molar-refractivity contribution is 0.0623. The number of hydrogen-bond donors (Lipinski definition) is 2. The molecule has 0 spiro atoms. The highest BCUT2D eigenvalue weighted by atomic mass is 16.5. The number of anilines is 1. The zero-order valence-electron chi connectivity index (χ0n) is 10.1. The molecule has 1 aromatic rings. The van der Waals surface area contributed by atoms with Crippen LogP contribution in [0.3, 0.4) is 0 Å². The van der Waals surface area contributed by atoms with Gasteiger partial charge in [-0.15, -0.1) is 0 Å². The molecule has 0 aromatic carbocycles. The molecule has 0 saturated carbocycles. The Balaban J connectivity index is 2.68. The second-order valence-corrected chi connectivity index (χ2v) is 3.48. The summed E-state index contributed by atoms with van der Waals surface area (Å²) in [5.74, 6) is -0.200. The first-order valence-electron chi connectivity index (χ1n) is 5.26. The predicted molar refractivity (Wildman–Crippen MR) is 62.7 cm³/mol. The van der Waals surface area contributed by atoms with Crippen LogP contribution in [0.15, 0.2) is 6.20 Å². The molecule has 17 heavy (non-hydrogen) atoms. The van der Waals surface area contributed by atoms with Crippen LogP contribution in [-0.4, -0.2) is 61.5 Å². The maximum atomic E-state index is 12.1. The molecule has 1 aromatic heterocycles. The van der Waals surface area contributed by atoms with Crippen LogP contribution in [0, 0.1) is 0 Å². The van der Waals surface area contributed by atoms with Crippen molar-refractivity contribution in [1.29, 1.82) is 0 Å². The van der Waals surface area contributed by atoms with E-state index in [4.69, 9.17) is 15.2 Å². The number of nitrogens with one attached hydrogen (secondary N) is 1. The third-order valence-corrected chi connectivity index (χ3v) is 2.30. The van der Waals surface area contributed by atoms with Gasteiger partial charge in [-0.3, -0.25) is 9.89 Å². The predicted octanol–water partition coefficient (Wildman–Crippen LogP) is -0.273. The maximum absolute atomic E-state index is 12.1. The van der Waals surface area contributed by atoms with Gasteiger partial charge in [0.25, 0.3) is 5.91 Å². The third-order valence-electron chi connectivity index (χ3n) is 2.30. The summed E-state index contributed by atoms with van der Waals surface area (Å²) in [6, 6.07) is 0. The van der Waals surface area contributed by atoms with E-state index in [0.29, 0.717) is 37.7 Å². The Hall–Kier alpha value is -1.60. The van der Waals surface area contributed by atoms with E-state index < -0.39 is 0 Å². The van der Waals surface area contributed by atoms with Gasteiger partial charge in [-0.25, -0.2) is 0 Å². The van der Waals surface area contributed by atoms with Crippen LogP contribution in [-0.2, 0) is 9.47 Å². The van der Waals surface area contributed by atoms with E-state index in [1.165, 1.54) is 6.20 Å². The summed E-state index contributed by atoms with van der Waals surface area (Å²) in [5.41, 5.74) is 6.28. The summed E-state index contributed by atoms with van der Waals surface area (Å²) >= 11 is 0. The molecule has 1 amide bonds. The molecule has 0 radical (unpaired) electrons. The normalized spacial score (nSPS) is 10.5. The number of ether oxygens (including phenoxy) is 2. The largest absolute Gasteiger partial charge is 0.396 e. The SMILES string of the molecule is COCCN(CCOC)C(=O)c1[nH]ncc1N. The number of rotatable bonds is 7. The van der Waals surface area contributed by atoms with Gasteiger partial charge in [-0.05, 0) is 0 Å². The average molecular weight is 242 g/mol. The lowest BCUT2D eigenvalue weighted by atomic mass is 10.3. The van der Waals surface area contributed by atoms with E-state index in [0.717, 1.165) is 0 Å². The van der Waals surface area contributed by atoms with Crippen molar-refractivity contribution in [2.24, 2.45) is 0 Å². The first-order valence-corrected chi connectivity index (χ1v) is 5.26. The first kappa shape index (κ1) is 13.5. The molecular weight excluding hydrogens is 224 g/mol. The minimum atomic E-state index is -0.200. The Bertz CT molecular complexity index is 345. The lowest BCUT2D eigenvalue weighted by Crippen LogP contribution is -2.37. The van der Waals surface area contributed by atoms with E-state index in [1.807, 2.05) is 0 Å². The molecule has 96 valence electrons. The van der Waals surface area contributed by atoms with Crippen molar-refractivity contribution in [1.82, 2.24) is 15.1 Å². The van der Waals surface area contributed by atoms with Crippen molar-refractivity contribution in [3.8, 4) is 0 Å². The summed E-state index contributed by atoms with van der Waals surface area (Å²) in [6.07, 6.45) is 1.41. The van der Waals surface area contributed by atoms with Gasteiger partial charge in [0.05, 0.1) is 25.1 Å². The minimum absolute atomic E-state index is 0.200. The van der Waals surface area contributed by atoms with Gasteiger partial charge < -0.3 is 20.1 Å². The summed E-state index contributed by atoms with van der Waals surface area (Å²) in [6.45, 7) is 1.89. The van der Waals surface area contributed by atoms with Gasteiger partial charge in [0.15, 0.2) is 0 Å². The standard InChI is InChI=1S/C10H18N4O3/c1-16-5-3-14(4-6-17-2)10(15)9-8(11)7-12-13-9/h7H,3-6,11H2,1-2H3,(H,12,13). The maximum Gasteiger partial charge on any atom is 0.274 e. The number of nitrogens with two attached hydrogens (primary N) is 1. The Morgan fingerprint density at radius 2 is 2.00 bits per heavy atom. The molecule has 0 saturated heterocycles. The van der Waals surface area contributed by atoms with E-state index in [-0.39, 0.29) is 5.91 Å². The Labute approximate surface area is 99.9 Å². The van der Waals surface area contributed by atoms with Crippen LogP contribution < -0.4 is 5.73 Å². The molecule has 0 aliphatic rings. The average Bonchev–Trinajstić information content (AvgIpc) is 2.75. The molecule has 0 unspecified atom stereocenters. The van der Waals surface area contributed by atoms with Gasteiger partial charge >= 0.3 is 0 Å². The lowest BCUT2D eigenvalue weighted by Gasteiger charge is -2.21. The van der Waals surface area contributed by atoms with Crippen molar-refractivity contribution in [2.45, 2.75) is 0 Å². The summed E-state index contributed by atoms with van der Waals surface area (Å²) < 4.78 is 9.92. The molecule has 7 nitrogen and oxygen atoms in total. The molecule has 0 atom stereocenters. The van der Waals surface area contributed by atoms with Crippen molar-refractivity contribution in [3.05, 3.63) is 11.9 Å². The molecule has 1 heterocycles. The number of nitrogens with zero attached hydrogens (tertiary/aromatic N) is 2. The van der Waals surface area contributed by atoms with Crippen LogP contribution in [0.25, 0.3) is 0 Å². The van der Waals surface area contributed by atoms with E-state index in [9.17, 15) is 4.79 Å². The van der Waals surface area contributed by atoms with E-state index in [2.05, 4.69) is 10.2 Å². The Morgan fingerprint density at radius 3 is 2.41 bits per heavy atom. The van der Waals surface area contributed by atoms with Gasteiger partial charge in [0.1, 0.15) is 5.69 Å². The van der Waals surface area contributed by atoms with Crippen molar-refractivity contribution in [2.75, 3.05) is 46.3 Å². The number of carbonyl (C=O) groups is 1. The molecule has 1 rings (SSSR count). The Morgan fingerprint density at radius 1 is 1.41 bits per heavy atom. The van der Waals surface area contributed by atoms with Crippen LogP contribution in [0.4, 0.5) is 5.69 Å². The van der Waals surface area contributed by atoms with Crippen molar-refractivity contribution >= 4 is 11.6 Å². The second-order valence-electron chi connectivity index (χ2n) is 3.48. The van der Waals surface area contributed by atoms with Gasteiger partial charge in [-0.1, -0.05) is 0 Å². The molecule has 0 aliphatic heterocycles. The molecule has 3 N–H and O–H groups in total. The van der Waals surface area contributed by atoms with Gasteiger partial charge in [0, 0.05) is 27.3 Å². The summed E-state index contributed by atoms with van der Waals surface area (Å²) in [4.78, 5) is 13.7. The molecule has 0 bridgehead atoms. The number of methoxy groups -OCH3 is 2. The fourth-order valence-electron chi connectivity index (χ4n) is 1.34. The topological polar surface area (TPSA) is 93.5 Å². The summed E-state index contributed by atoms with van der Waals surface area (Å²) in [5, 5.41) is 6.32. The number of hydrogen-bond acceptors (Lipinski definition) is 5. The van der Waals surface area contributed by atoms with Crippen LogP contribution in [0.1, 0.15) is 10.5 Å².